The molecule has 0 amide bonds. The number of hydrogen-bond acceptors (Lipinski definition) is 4. The summed E-state index contributed by atoms with van der Waals surface area (Å²) in [7, 11) is 1.56. The van der Waals surface area contributed by atoms with Crippen molar-refractivity contribution >= 4 is 5.69 Å². The van der Waals surface area contributed by atoms with Gasteiger partial charge < -0.3 is 10.5 Å². The molecule has 0 aliphatic carbocycles. The van der Waals surface area contributed by atoms with Crippen LogP contribution in [0.3, 0.4) is 0 Å². The van der Waals surface area contributed by atoms with Gasteiger partial charge in [0, 0.05) is 7.05 Å². The van der Waals surface area contributed by atoms with Crippen LogP contribution in [-0.4, -0.2) is 9.78 Å². The fraction of sp³-hybridized carbons (Fsp3) is 0.167. The molecule has 2 aromatic rings. The smallest absolute Gasteiger partial charge is 0.420 e. The zero-order valence-electron chi connectivity index (χ0n) is 10.3. The molecule has 0 fully saturated rings. The zero-order valence-corrected chi connectivity index (χ0v) is 10.3. The molecule has 2 N–H and O–H groups in total. The largest absolute Gasteiger partial charge is 0.435 e. The number of nitrogens with two attached hydrogens (primary N) is 1. The van der Waals surface area contributed by atoms with Crippen LogP contribution in [0.1, 0.15) is 11.1 Å². The third-order valence-electron chi connectivity index (χ3n) is 2.44. The van der Waals surface area contributed by atoms with Crippen molar-refractivity contribution in [3.8, 4) is 17.7 Å². The monoisotopic (exact) mass is 282 g/mol. The molecule has 2 rings (SSSR count). The van der Waals surface area contributed by atoms with Gasteiger partial charge in [-0.3, -0.25) is 4.68 Å². The molecule has 20 heavy (non-hydrogen) atoms. The number of alkyl halides is 3. The number of halogens is 3. The van der Waals surface area contributed by atoms with Crippen LogP contribution in [0.25, 0.3) is 0 Å². The molecule has 0 aliphatic heterocycles. The molecule has 0 spiro atoms. The van der Waals surface area contributed by atoms with Crippen molar-refractivity contribution in [1.29, 1.82) is 5.26 Å². The van der Waals surface area contributed by atoms with E-state index in [4.69, 9.17) is 15.7 Å². The zero-order chi connectivity index (χ0) is 14.9. The Bertz CT molecular complexity index is 685. The van der Waals surface area contributed by atoms with Crippen molar-refractivity contribution in [2.24, 2.45) is 7.05 Å². The maximum atomic E-state index is 12.9. The standard InChI is InChI=1S/C12H9F3N4O/c1-19-6-9(17)11(18-19)20-10-3-2-7(5-16)4-8(10)12(13,14)15/h2-4,6H,17H2,1H3. The molecule has 1 aromatic carbocycles. The Balaban J connectivity index is 2.46. The van der Waals surface area contributed by atoms with E-state index in [1.54, 1.807) is 13.1 Å². The minimum Gasteiger partial charge on any atom is -0.435 e. The van der Waals surface area contributed by atoms with Gasteiger partial charge in [-0.1, -0.05) is 0 Å². The molecule has 104 valence electrons. The molecule has 8 heteroatoms. The van der Waals surface area contributed by atoms with Gasteiger partial charge in [-0.05, 0) is 18.2 Å². The molecule has 0 atom stereocenters. The number of aromatic nitrogens is 2. The number of hydrogen-bond donors (Lipinski definition) is 1. The van der Waals surface area contributed by atoms with Crippen molar-refractivity contribution in [3.63, 3.8) is 0 Å². The quantitative estimate of drug-likeness (QED) is 0.918. The average molecular weight is 282 g/mol. The minimum absolute atomic E-state index is 0.112. The second-order valence-corrected chi connectivity index (χ2v) is 3.99. The van der Waals surface area contributed by atoms with Gasteiger partial charge >= 0.3 is 6.18 Å². The number of ether oxygens (including phenoxy) is 1. The van der Waals surface area contributed by atoms with Crippen LogP contribution in [0.15, 0.2) is 24.4 Å². The molecule has 0 radical (unpaired) electrons. The topological polar surface area (TPSA) is 76.9 Å². The molecule has 0 bridgehead atoms. The molecule has 5 nitrogen and oxygen atoms in total. The molecule has 1 aromatic heterocycles. The maximum Gasteiger partial charge on any atom is 0.420 e. The Morgan fingerprint density at radius 3 is 2.60 bits per heavy atom. The number of benzene rings is 1. The Hall–Kier alpha value is -2.69. The highest BCUT2D eigenvalue weighted by Gasteiger charge is 2.35. The van der Waals surface area contributed by atoms with Gasteiger partial charge in [-0.2, -0.15) is 18.4 Å². The highest BCUT2D eigenvalue weighted by Crippen LogP contribution is 2.39. The number of rotatable bonds is 2. The summed E-state index contributed by atoms with van der Waals surface area (Å²) in [6.07, 6.45) is -3.24. The van der Waals surface area contributed by atoms with E-state index in [-0.39, 0.29) is 17.1 Å². The lowest BCUT2D eigenvalue weighted by Gasteiger charge is -2.12. The van der Waals surface area contributed by atoms with E-state index in [0.717, 1.165) is 6.07 Å². The number of anilines is 1. The molecule has 0 saturated heterocycles. The molecule has 0 saturated carbocycles. The van der Waals surface area contributed by atoms with E-state index >= 15 is 0 Å². The Labute approximate surface area is 112 Å². The van der Waals surface area contributed by atoms with Crippen molar-refractivity contribution < 1.29 is 17.9 Å². The number of nitriles is 1. The summed E-state index contributed by atoms with van der Waals surface area (Å²) in [6, 6.07) is 4.65. The van der Waals surface area contributed by atoms with E-state index in [1.165, 1.54) is 16.9 Å². The van der Waals surface area contributed by atoms with Crippen LogP contribution in [0.5, 0.6) is 11.6 Å². The van der Waals surface area contributed by atoms with Gasteiger partial charge in [0.25, 0.3) is 5.88 Å². The Morgan fingerprint density at radius 2 is 2.10 bits per heavy atom. The summed E-state index contributed by atoms with van der Waals surface area (Å²) in [5.74, 6) is -0.579. The fourth-order valence-corrected chi connectivity index (χ4v) is 1.58. The molecule has 0 aliphatic rings. The van der Waals surface area contributed by atoms with Crippen molar-refractivity contribution in [2.45, 2.75) is 6.18 Å². The summed E-state index contributed by atoms with van der Waals surface area (Å²) >= 11 is 0. The average Bonchev–Trinajstić information content (AvgIpc) is 2.67. The van der Waals surface area contributed by atoms with Gasteiger partial charge in [0.1, 0.15) is 11.4 Å². The summed E-state index contributed by atoms with van der Waals surface area (Å²) < 4.78 is 45.2. The van der Waals surface area contributed by atoms with Crippen molar-refractivity contribution in [1.82, 2.24) is 9.78 Å². The van der Waals surface area contributed by atoms with Crippen LogP contribution in [0.4, 0.5) is 18.9 Å². The lowest BCUT2D eigenvalue weighted by atomic mass is 10.1. The van der Waals surface area contributed by atoms with E-state index < -0.39 is 17.5 Å². The van der Waals surface area contributed by atoms with Gasteiger partial charge in [0.2, 0.25) is 0 Å². The van der Waals surface area contributed by atoms with Crippen LogP contribution < -0.4 is 10.5 Å². The molecular formula is C12H9F3N4O. The normalized spacial score (nSPS) is 11.2. The predicted molar refractivity (Wildman–Crippen MR) is 63.9 cm³/mol. The Kier molecular flexibility index (Phi) is 3.28. The van der Waals surface area contributed by atoms with Crippen LogP contribution in [0, 0.1) is 11.3 Å². The number of aryl methyl sites for hydroxylation is 1. The first-order valence-electron chi connectivity index (χ1n) is 5.39. The van der Waals surface area contributed by atoms with Crippen LogP contribution in [0.2, 0.25) is 0 Å². The molecule has 0 unspecified atom stereocenters. The predicted octanol–water partition coefficient (Wildman–Crippen LogP) is 2.69. The molecular weight excluding hydrogens is 273 g/mol. The van der Waals surface area contributed by atoms with Gasteiger partial charge in [0.05, 0.1) is 23.4 Å². The third kappa shape index (κ3) is 2.66. The lowest BCUT2D eigenvalue weighted by molar-refractivity contribution is -0.138. The van der Waals surface area contributed by atoms with Crippen LogP contribution in [-0.2, 0) is 13.2 Å². The second-order valence-electron chi connectivity index (χ2n) is 3.99. The van der Waals surface area contributed by atoms with E-state index in [9.17, 15) is 13.2 Å². The summed E-state index contributed by atoms with van der Waals surface area (Å²) in [6.45, 7) is 0. The highest BCUT2D eigenvalue weighted by molar-refractivity contribution is 5.50. The van der Waals surface area contributed by atoms with Gasteiger partial charge in [-0.25, -0.2) is 0 Å². The number of nitrogens with zero attached hydrogens (tertiary/aromatic N) is 3. The second kappa shape index (κ2) is 4.77. The van der Waals surface area contributed by atoms with E-state index in [2.05, 4.69) is 5.10 Å². The summed E-state index contributed by atoms with van der Waals surface area (Å²) in [5, 5.41) is 12.5. The lowest BCUT2D eigenvalue weighted by Crippen LogP contribution is -2.08. The van der Waals surface area contributed by atoms with E-state index in [0.29, 0.717) is 6.07 Å². The molecule has 1 heterocycles. The Morgan fingerprint density at radius 1 is 1.40 bits per heavy atom. The van der Waals surface area contributed by atoms with Crippen molar-refractivity contribution in [3.05, 3.63) is 35.5 Å². The fourth-order valence-electron chi connectivity index (χ4n) is 1.58. The highest BCUT2D eigenvalue weighted by atomic mass is 19.4. The minimum atomic E-state index is -4.65. The third-order valence-corrected chi connectivity index (χ3v) is 2.44. The van der Waals surface area contributed by atoms with Gasteiger partial charge in [-0.15, -0.1) is 5.10 Å². The first-order chi connectivity index (χ1) is 9.31. The summed E-state index contributed by atoms with van der Waals surface area (Å²) in [5.41, 5.74) is 4.51. The van der Waals surface area contributed by atoms with E-state index in [1.807, 2.05) is 0 Å². The SMILES string of the molecule is Cn1cc(N)c(Oc2ccc(C#N)cc2C(F)(F)F)n1. The van der Waals surface area contributed by atoms with Crippen LogP contribution >= 0.6 is 0 Å². The number of nitrogen functional groups attached to an aromatic ring is 1. The summed E-state index contributed by atoms with van der Waals surface area (Å²) in [4.78, 5) is 0. The maximum absolute atomic E-state index is 12.9. The van der Waals surface area contributed by atoms with Gasteiger partial charge in [0.15, 0.2) is 0 Å². The first-order valence-corrected chi connectivity index (χ1v) is 5.39. The first kappa shape index (κ1) is 13.7. The van der Waals surface area contributed by atoms with Crippen molar-refractivity contribution in [2.75, 3.05) is 5.73 Å².